The number of aromatic nitrogens is 1. The van der Waals surface area contributed by atoms with Crippen molar-refractivity contribution in [1.82, 2.24) is 4.98 Å². The summed E-state index contributed by atoms with van der Waals surface area (Å²) in [6.07, 6.45) is 0. The van der Waals surface area contributed by atoms with Gasteiger partial charge in [0.1, 0.15) is 5.69 Å². The molecule has 0 saturated carbocycles. The maximum Gasteiger partial charge on any atom is 0.212 e. The van der Waals surface area contributed by atoms with Gasteiger partial charge < -0.3 is 15.2 Å². The number of nitrogens with two attached hydrogens (primary N) is 1. The van der Waals surface area contributed by atoms with E-state index in [1.807, 2.05) is 0 Å². The van der Waals surface area contributed by atoms with Crippen molar-refractivity contribution in [2.45, 2.75) is 0 Å². The zero-order valence-corrected chi connectivity index (χ0v) is 10.8. The van der Waals surface area contributed by atoms with Crippen molar-refractivity contribution in [3.8, 4) is 11.5 Å². The van der Waals surface area contributed by atoms with E-state index in [4.69, 9.17) is 15.2 Å². The highest BCUT2D eigenvalue weighted by molar-refractivity contribution is 7.13. The van der Waals surface area contributed by atoms with Gasteiger partial charge in [-0.05, 0) is 18.2 Å². The number of methoxy groups -OCH3 is 2. The van der Waals surface area contributed by atoms with Crippen molar-refractivity contribution in [2.24, 2.45) is 0 Å². The average molecular weight is 264 g/mol. The van der Waals surface area contributed by atoms with Crippen molar-refractivity contribution in [2.75, 3.05) is 20.0 Å². The van der Waals surface area contributed by atoms with Crippen molar-refractivity contribution in [3.63, 3.8) is 0 Å². The van der Waals surface area contributed by atoms with Crippen LogP contribution < -0.4 is 15.2 Å². The molecule has 0 radical (unpaired) electrons. The Bertz CT molecular complexity index is 580. The number of benzene rings is 1. The number of rotatable bonds is 4. The molecule has 0 fully saturated rings. The first-order chi connectivity index (χ1) is 8.65. The molecule has 94 valence electrons. The number of thiazole rings is 1. The third kappa shape index (κ3) is 2.28. The van der Waals surface area contributed by atoms with Gasteiger partial charge in [0.2, 0.25) is 5.78 Å². The van der Waals surface area contributed by atoms with E-state index >= 15 is 0 Å². The Kier molecular flexibility index (Phi) is 3.47. The van der Waals surface area contributed by atoms with Crippen LogP contribution in [0.3, 0.4) is 0 Å². The number of carbonyl (C=O) groups is 1. The molecule has 0 aliphatic carbocycles. The fraction of sp³-hybridized carbons (Fsp3) is 0.167. The lowest BCUT2D eigenvalue weighted by atomic mass is 10.1. The van der Waals surface area contributed by atoms with E-state index in [-0.39, 0.29) is 5.78 Å². The number of anilines is 1. The van der Waals surface area contributed by atoms with E-state index in [1.54, 1.807) is 30.7 Å². The van der Waals surface area contributed by atoms with Crippen LogP contribution in [0.25, 0.3) is 0 Å². The van der Waals surface area contributed by atoms with Crippen LogP contribution in [-0.4, -0.2) is 25.0 Å². The molecule has 1 aromatic heterocycles. The van der Waals surface area contributed by atoms with Gasteiger partial charge in [0.15, 0.2) is 16.6 Å². The molecule has 0 aliphatic rings. The van der Waals surface area contributed by atoms with Crippen LogP contribution in [0, 0.1) is 0 Å². The summed E-state index contributed by atoms with van der Waals surface area (Å²) in [4.78, 5) is 16.1. The lowest BCUT2D eigenvalue weighted by molar-refractivity contribution is 0.103. The minimum atomic E-state index is -0.191. The quantitative estimate of drug-likeness (QED) is 0.854. The molecular formula is C12H12N2O3S. The van der Waals surface area contributed by atoms with Gasteiger partial charge in [0, 0.05) is 10.9 Å². The largest absolute Gasteiger partial charge is 0.493 e. The molecule has 1 aromatic carbocycles. The van der Waals surface area contributed by atoms with Crippen molar-refractivity contribution >= 4 is 22.3 Å². The molecular weight excluding hydrogens is 252 g/mol. The third-order valence-electron chi connectivity index (χ3n) is 2.40. The molecule has 6 heteroatoms. The highest BCUT2D eigenvalue weighted by Gasteiger charge is 2.15. The standard InChI is InChI=1S/C12H12N2O3S/c1-16-9-4-3-7(5-10(9)17-2)11(15)8-6-18-12(13)14-8/h3-6H,1-2H3,(H2,13,14). The first kappa shape index (κ1) is 12.4. The SMILES string of the molecule is COc1ccc(C(=O)c2csc(N)n2)cc1OC. The zero-order chi connectivity index (χ0) is 13.1. The molecule has 18 heavy (non-hydrogen) atoms. The van der Waals surface area contributed by atoms with E-state index < -0.39 is 0 Å². The summed E-state index contributed by atoms with van der Waals surface area (Å²) in [7, 11) is 3.06. The first-order valence-electron chi connectivity index (χ1n) is 5.13. The molecule has 2 N–H and O–H groups in total. The van der Waals surface area contributed by atoms with Gasteiger partial charge in [-0.3, -0.25) is 4.79 Å². The van der Waals surface area contributed by atoms with Crippen molar-refractivity contribution < 1.29 is 14.3 Å². The molecule has 0 saturated heterocycles. The van der Waals surface area contributed by atoms with Crippen LogP contribution in [0.1, 0.15) is 16.1 Å². The van der Waals surface area contributed by atoms with Crippen LogP contribution >= 0.6 is 11.3 Å². The van der Waals surface area contributed by atoms with E-state index in [0.717, 1.165) is 0 Å². The molecule has 5 nitrogen and oxygen atoms in total. The summed E-state index contributed by atoms with van der Waals surface area (Å²) in [5, 5.41) is 2.01. The fourth-order valence-electron chi connectivity index (χ4n) is 1.52. The summed E-state index contributed by atoms with van der Waals surface area (Å²) >= 11 is 1.23. The molecule has 2 aromatic rings. The molecule has 0 unspecified atom stereocenters. The lowest BCUT2D eigenvalue weighted by Gasteiger charge is -2.08. The second-order valence-electron chi connectivity index (χ2n) is 3.47. The van der Waals surface area contributed by atoms with Crippen LogP contribution in [-0.2, 0) is 0 Å². The number of hydrogen-bond donors (Lipinski definition) is 1. The maximum atomic E-state index is 12.1. The average Bonchev–Trinajstić information content (AvgIpc) is 2.83. The number of ketones is 1. The smallest absolute Gasteiger partial charge is 0.212 e. The summed E-state index contributed by atoms with van der Waals surface area (Å²) in [5.41, 5.74) is 6.33. The Labute approximate surface area is 108 Å². The highest BCUT2D eigenvalue weighted by atomic mass is 32.1. The van der Waals surface area contributed by atoms with Crippen LogP contribution in [0.5, 0.6) is 11.5 Å². The van der Waals surface area contributed by atoms with E-state index in [1.165, 1.54) is 18.4 Å². The predicted octanol–water partition coefficient (Wildman–Crippen LogP) is 1.97. The molecule has 0 amide bonds. The fourth-order valence-corrected chi connectivity index (χ4v) is 2.06. The summed E-state index contributed by atoms with van der Waals surface area (Å²) in [5.74, 6) is 0.891. The molecule has 2 rings (SSSR count). The number of carbonyl (C=O) groups excluding carboxylic acids is 1. The molecule has 0 bridgehead atoms. The van der Waals surface area contributed by atoms with Gasteiger partial charge in [-0.2, -0.15) is 0 Å². The second-order valence-corrected chi connectivity index (χ2v) is 4.36. The molecule has 0 atom stereocenters. The number of ether oxygens (including phenoxy) is 2. The topological polar surface area (TPSA) is 74.4 Å². The van der Waals surface area contributed by atoms with Gasteiger partial charge in [-0.25, -0.2) is 4.98 Å². The Morgan fingerprint density at radius 1 is 1.28 bits per heavy atom. The summed E-state index contributed by atoms with van der Waals surface area (Å²) in [6, 6.07) is 4.97. The highest BCUT2D eigenvalue weighted by Crippen LogP contribution is 2.28. The predicted molar refractivity (Wildman–Crippen MR) is 69.5 cm³/mol. The Morgan fingerprint density at radius 2 is 2.00 bits per heavy atom. The van der Waals surface area contributed by atoms with E-state index in [9.17, 15) is 4.79 Å². The Morgan fingerprint density at radius 3 is 2.56 bits per heavy atom. The molecule has 1 heterocycles. The molecule has 0 spiro atoms. The van der Waals surface area contributed by atoms with Crippen molar-refractivity contribution in [1.29, 1.82) is 0 Å². The summed E-state index contributed by atoms with van der Waals surface area (Å²) in [6.45, 7) is 0. The third-order valence-corrected chi connectivity index (χ3v) is 3.07. The van der Waals surface area contributed by atoms with Crippen LogP contribution in [0.4, 0.5) is 5.13 Å². The van der Waals surface area contributed by atoms with Crippen LogP contribution in [0.2, 0.25) is 0 Å². The number of nitrogen functional groups attached to an aromatic ring is 1. The minimum Gasteiger partial charge on any atom is -0.493 e. The maximum absolute atomic E-state index is 12.1. The second kappa shape index (κ2) is 5.05. The van der Waals surface area contributed by atoms with Gasteiger partial charge in [-0.15, -0.1) is 11.3 Å². The van der Waals surface area contributed by atoms with Crippen molar-refractivity contribution in [3.05, 3.63) is 34.8 Å². The normalized spacial score (nSPS) is 10.1. The first-order valence-corrected chi connectivity index (χ1v) is 6.01. The van der Waals surface area contributed by atoms with E-state index in [2.05, 4.69) is 4.98 Å². The Hall–Kier alpha value is -2.08. The number of hydrogen-bond acceptors (Lipinski definition) is 6. The van der Waals surface area contributed by atoms with Gasteiger partial charge >= 0.3 is 0 Å². The lowest BCUT2D eigenvalue weighted by Crippen LogP contribution is -2.03. The number of nitrogens with zero attached hydrogens (tertiary/aromatic N) is 1. The van der Waals surface area contributed by atoms with Gasteiger partial charge in [0.25, 0.3) is 0 Å². The minimum absolute atomic E-state index is 0.191. The molecule has 0 aliphatic heterocycles. The van der Waals surface area contributed by atoms with Gasteiger partial charge in [0.05, 0.1) is 14.2 Å². The summed E-state index contributed by atoms with van der Waals surface area (Å²) < 4.78 is 10.3. The van der Waals surface area contributed by atoms with Crippen LogP contribution in [0.15, 0.2) is 23.6 Å². The Balaban J connectivity index is 2.36. The van der Waals surface area contributed by atoms with E-state index in [0.29, 0.717) is 27.9 Å². The zero-order valence-electron chi connectivity index (χ0n) is 9.97. The monoisotopic (exact) mass is 264 g/mol. The van der Waals surface area contributed by atoms with Gasteiger partial charge in [-0.1, -0.05) is 0 Å².